The van der Waals surface area contributed by atoms with E-state index in [4.69, 9.17) is 5.11 Å². The minimum Gasteiger partial charge on any atom is -0.481 e. The molecule has 6 heteroatoms. The quantitative estimate of drug-likeness (QED) is 0.676. The highest BCUT2D eigenvalue weighted by Gasteiger charge is 2.39. The van der Waals surface area contributed by atoms with Crippen molar-refractivity contribution in [3.8, 4) is 0 Å². The minimum atomic E-state index is -0.913. The van der Waals surface area contributed by atoms with E-state index in [1.54, 1.807) is 4.90 Å². The fourth-order valence-electron chi connectivity index (χ4n) is 1.97. The predicted molar refractivity (Wildman–Crippen MR) is 60.3 cm³/mol. The molecule has 1 aliphatic rings. The van der Waals surface area contributed by atoms with Crippen LogP contribution >= 0.6 is 0 Å². The molecule has 0 aromatic rings. The fraction of sp³-hybridized carbons (Fsp3) is 0.727. The monoisotopic (exact) mass is 242 g/mol. The van der Waals surface area contributed by atoms with Gasteiger partial charge < -0.3 is 5.11 Å². The molecule has 0 aromatic heterocycles. The summed E-state index contributed by atoms with van der Waals surface area (Å²) in [5.74, 6) is -1.55. The molecule has 96 valence electrons. The summed E-state index contributed by atoms with van der Waals surface area (Å²) in [7, 11) is 0. The van der Waals surface area contributed by atoms with Crippen molar-refractivity contribution >= 4 is 17.8 Å². The molecular weight excluding hydrogens is 224 g/mol. The Balaban J connectivity index is 2.80. The van der Waals surface area contributed by atoms with Crippen LogP contribution < -0.4 is 5.32 Å². The van der Waals surface area contributed by atoms with Crippen LogP contribution in [-0.2, 0) is 14.4 Å². The Bertz CT molecular complexity index is 346. The summed E-state index contributed by atoms with van der Waals surface area (Å²) in [6.45, 7) is 5.94. The van der Waals surface area contributed by atoms with E-state index in [0.717, 1.165) is 0 Å². The third-order valence-corrected chi connectivity index (χ3v) is 2.75. The summed E-state index contributed by atoms with van der Waals surface area (Å²) in [6.07, 6.45) is 0.0605. The van der Waals surface area contributed by atoms with E-state index >= 15 is 0 Å². The largest absolute Gasteiger partial charge is 0.481 e. The van der Waals surface area contributed by atoms with Gasteiger partial charge >= 0.3 is 5.97 Å². The molecule has 0 aliphatic carbocycles. The molecule has 17 heavy (non-hydrogen) atoms. The molecule has 0 saturated carbocycles. The molecule has 0 aromatic carbocycles. The highest BCUT2D eigenvalue weighted by Crippen LogP contribution is 2.22. The van der Waals surface area contributed by atoms with Crippen molar-refractivity contribution in [1.82, 2.24) is 10.2 Å². The van der Waals surface area contributed by atoms with Crippen molar-refractivity contribution in [1.29, 1.82) is 0 Å². The molecule has 1 atom stereocenters. The van der Waals surface area contributed by atoms with E-state index in [1.807, 2.05) is 20.8 Å². The van der Waals surface area contributed by atoms with Crippen molar-refractivity contribution in [2.45, 2.75) is 45.2 Å². The molecule has 2 amide bonds. The third kappa shape index (κ3) is 3.52. The van der Waals surface area contributed by atoms with E-state index in [2.05, 4.69) is 5.32 Å². The Morgan fingerprint density at radius 1 is 1.47 bits per heavy atom. The SMILES string of the molecule is CC(C)(C)N(CCC(=O)O)C1CC(=O)NC1=O. The van der Waals surface area contributed by atoms with Gasteiger partial charge in [0.2, 0.25) is 11.8 Å². The average molecular weight is 242 g/mol. The maximum absolute atomic E-state index is 11.6. The molecule has 6 nitrogen and oxygen atoms in total. The Kier molecular flexibility index (Phi) is 3.87. The number of hydrogen-bond donors (Lipinski definition) is 2. The van der Waals surface area contributed by atoms with Crippen molar-refractivity contribution in [3.05, 3.63) is 0 Å². The van der Waals surface area contributed by atoms with Crippen LogP contribution in [0.4, 0.5) is 0 Å². The normalized spacial score (nSPS) is 20.8. The lowest BCUT2D eigenvalue weighted by Crippen LogP contribution is -2.51. The van der Waals surface area contributed by atoms with Gasteiger partial charge in [-0.2, -0.15) is 0 Å². The molecule has 1 unspecified atom stereocenters. The zero-order valence-electron chi connectivity index (χ0n) is 10.3. The van der Waals surface area contributed by atoms with Crippen LogP contribution in [0, 0.1) is 0 Å². The molecule has 0 radical (unpaired) electrons. The first-order valence-corrected chi connectivity index (χ1v) is 5.54. The smallest absolute Gasteiger partial charge is 0.304 e. The second-order valence-corrected chi connectivity index (χ2v) is 5.14. The third-order valence-electron chi connectivity index (χ3n) is 2.75. The molecule has 1 rings (SSSR count). The molecule has 1 aliphatic heterocycles. The molecule has 2 N–H and O–H groups in total. The van der Waals surface area contributed by atoms with Crippen LogP contribution in [0.1, 0.15) is 33.6 Å². The van der Waals surface area contributed by atoms with Gasteiger partial charge in [-0.1, -0.05) is 0 Å². The summed E-state index contributed by atoms with van der Waals surface area (Å²) >= 11 is 0. The highest BCUT2D eigenvalue weighted by molar-refractivity contribution is 6.05. The number of carbonyl (C=O) groups excluding carboxylic acids is 2. The van der Waals surface area contributed by atoms with Crippen LogP contribution in [0.3, 0.4) is 0 Å². The Morgan fingerprint density at radius 3 is 2.41 bits per heavy atom. The zero-order valence-corrected chi connectivity index (χ0v) is 10.3. The van der Waals surface area contributed by atoms with Crippen LogP contribution in [0.25, 0.3) is 0 Å². The first-order chi connectivity index (χ1) is 7.71. The lowest BCUT2D eigenvalue weighted by Gasteiger charge is -2.38. The van der Waals surface area contributed by atoms with Crippen molar-refractivity contribution < 1.29 is 19.5 Å². The van der Waals surface area contributed by atoms with Gasteiger partial charge in [-0.15, -0.1) is 0 Å². The van der Waals surface area contributed by atoms with Gasteiger partial charge in [-0.25, -0.2) is 0 Å². The molecule has 1 heterocycles. The predicted octanol–water partition coefficient (Wildman–Crippen LogP) is -0.0233. The second kappa shape index (κ2) is 4.83. The Labute approximate surface area is 100.0 Å². The number of carboxylic acids is 1. The van der Waals surface area contributed by atoms with Crippen LogP contribution in [-0.4, -0.2) is 45.9 Å². The number of hydrogen-bond acceptors (Lipinski definition) is 4. The fourth-order valence-corrected chi connectivity index (χ4v) is 1.97. The number of carbonyl (C=O) groups is 3. The van der Waals surface area contributed by atoms with Crippen LogP contribution in [0.2, 0.25) is 0 Å². The van der Waals surface area contributed by atoms with Gasteiger partial charge in [0, 0.05) is 12.1 Å². The number of imide groups is 1. The molecular formula is C11H18N2O4. The van der Waals surface area contributed by atoms with E-state index in [9.17, 15) is 14.4 Å². The molecule has 1 fully saturated rings. The van der Waals surface area contributed by atoms with Crippen molar-refractivity contribution in [2.24, 2.45) is 0 Å². The number of amides is 2. The summed E-state index contributed by atoms with van der Waals surface area (Å²) in [4.78, 5) is 35.1. The summed E-state index contributed by atoms with van der Waals surface area (Å²) in [5.41, 5.74) is -0.359. The number of nitrogens with one attached hydrogen (secondary N) is 1. The first kappa shape index (κ1) is 13.6. The van der Waals surface area contributed by atoms with Gasteiger partial charge in [-0.3, -0.25) is 24.6 Å². The van der Waals surface area contributed by atoms with Crippen molar-refractivity contribution in [2.75, 3.05) is 6.54 Å². The Hall–Kier alpha value is -1.43. The maximum atomic E-state index is 11.6. The summed E-state index contributed by atoms with van der Waals surface area (Å²) in [5, 5.41) is 10.9. The minimum absolute atomic E-state index is 0.0464. The zero-order chi connectivity index (χ0) is 13.2. The number of carboxylic acid groups (broad SMARTS) is 1. The van der Waals surface area contributed by atoms with Gasteiger partial charge in [0.15, 0.2) is 0 Å². The van der Waals surface area contributed by atoms with Crippen molar-refractivity contribution in [3.63, 3.8) is 0 Å². The number of nitrogens with zero attached hydrogens (tertiary/aromatic N) is 1. The summed E-state index contributed by atoms with van der Waals surface area (Å²) < 4.78 is 0. The van der Waals surface area contributed by atoms with Gasteiger partial charge in [-0.05, 0) is 20.8 Å². The Morgan fingerprint density at radius 2 is 2.06 bits per heavy atom. The molecule has 0 bridgehead atoms. The van der Waals surface area contributed by atoms with E-state index in [0.29, 0.717) is 0 Å². The van der Waals surface area contributed by atoms with Crippen LogP contribution in [0.5, 0.6) is 0 Å². The first-order valence-electron chi connectivity index (χ1n) is 5.54. The summed E-state index contributed by atoms with van der Waals surface area (Å²) in [6, 6.07) is -0.554. The average Bonchev–Trinajstić information content (AvgIpc) is 2.43. The second-order valence-electron chi connectivity index (χ2n) is 5.14. The van der Waals surface area contributed by atoms with Gasteiger partial charge in [0.05, 0.1) is 18.9 Å². The van der Waals surface area contributed by atoms with E-state index in [-0.39, 0.29) is 36.7 Å². The number of rotatable bonds is 4. The standard InChI is InChI=1S/C11H18N2O4/c1-11(2,3)13(5-4-9(15)16)7-6-8(14)12-10(7)17/h7H,4-6H2,1-3H3,(H,15,16)(H,12,14,17). The lowest BCUT2D eigenvalue weighted by atomic mass is 10.0. The lowest BCUT2D eigenvalue weighted by molar-refractivity contribution is -0.138. The van der Waals surface area contributed by atoms with Gasteiger partial charge in [0.1, 0.15) is 0 Å². The van der Waals surface area contributed by atoms with E-state index < -0.39 is 12.0 Å². The van der Waals surface area contributed by atoms with Crippen LogP contribution in [0.15, 0.2) is 0 Å². The van der Waals surface area contributed by atoms with Gasteiger partial charge in [0.25, 0.3) is 0 Å². The molecule has 1 saturated heterocycles. The molecule has 0 spiro atoms. The highest BCUT2D eigenvalue weighted by atomic mass is 16.4. The van der Waals surface area contributed by atoms with E-state index in [1.165, 1.54) is 0 Å². The number of aliphatic carboxylic acids is 1. The topological polar surface area (TPSA) is 86.7 Å². The maximum Gasteiger partial charge on any atom is 0.304 e.